The molecular weight excluding hydrogens is 702 g/mol. The summed E-state index contributed by atoms with van der Waals surface area (Å²) >= 11 is 0. The zero-order valence-corrected chi connectivity index (χ0v) is 32.1. The fourth-order valence-electron chi connectivity index (χ4n) is 7.93. The minimum absolute atomic E-state index is 0.0461. The molecule has 7 rings (SSSR count). The number of carbonyl (C=O) groups excluding carboxylic acids is 1. The minimum Gasteiger partial charge on any atom is -0.478 e. The van der Waals surface area contributed by atoms with Crippen molar-refractivity contribution in [3.05, 3.63) is 59.2 Å². The van der Waals surface area contributed by atoms with Gasteiger partial charge < -0.3 is 24.2 Å². The maximum absolute atomic E-state index is 13.6. The van der Waals surface area contributed by atoms with Crippen molar-refractivity contribution in [2.45, 2.75) is 135 Å². The van der Waals surface area contributed by atoms with Gasteiger partial charge in [-0.05, 0) is 73.9 Å². The quantitative estimate of drug-likeness (QED) is 0.190. The first-order chi connectivity index (χ1) is 25.1. The minimum atomic E-state index is -2.53. The molecule has 0 radical (unpaired) electrons. The Morgan fingerprint density at radius 2 is 1.09 bits per heavy atom. The molecule has 2 N–H and O–H groups in total. The second-order valence-corrected chi connectivity index (χ2v) is 17.8. The van der Waals surface area contributed by atoms with E-state index in [9.17, 15) is 37.4 Å². The first kappa shape index (κ1) is 39.7. The largest absolute Gasteiger partial charge is 0.478 e. The van der Waals surface area contributed by atoms with Gasteiger partial charge in [-0.15, -0.1) is 0 Å². The van der Waals surface area contributed by atoms with Crippen LogP contribution in [0.1, 0.15) is 125 Å². The van der Waals surface area contributed by atoms with Crippen LogP contribution < -0.4 is 0 Å². The van der Waals surface area contributed by atoms with E-state index in [1.807, 2.05) is 12.1 Å². The van der Waals surface area contributed by atoms with E-state index >= 15 is 0 Å². The number of aliphatic hydroxyl groups is 1. The van der Waals surface area contributed by atoms with Crippen molar-refractivity contribution < 1.29 is 37.4 Å². The number of hydrogen-bond donors (Lipinski definition) is 2. The molecule has 0 spiro atoms. The number of likely N-dealkylation sites (tertiary alicyclic amines) is 1. The molecule has 0 unspecified atom stereocenters. The van der Waals surface area contributed by atoms with E-state index in [1.54, 1.807) is 29.2 Å². The van der Waals surface area contributed by atoms with Gasteiger partial charge in [-0.2, -0.15) is 0 Å². The van der Waals surface area contributed by atoms with Crippen LogP contribution >= 0.6 is 0 Å². The number of carboxylic acids is 1. The molecule has 3 fully saturated rings. The topological polar surface area (TPSA) is 113 Å². The van der Waals surface area contributed by atoms with Crippen molar-refractivity contribution in [2.75, 3.05) is 13.1 Å². The highest BCUT2D eigenvalue weighted by Gasteiger charge is 2.37. The van der Waals surface area contributed by atoms with E-state index < -0.39 is 23.9 Å². The van der Waals surface area contributed by atoms with Gasteiger partial charge >= 0.3 is 5.97 Å². The summed E-state index contributed by atoms with van der Waals surface area (Å²) in [6.45, 7) is 14.5. The molecule has 2 saturated carbocycles. The lowest BCUT2D eigenvalue weighted by Gasteiger charge is -2.35. The number of alkyl halides is 4. The number of carbonyl (C=O) groups is 2. The van der Waals surface area contributed by atoms with E-state index in [0.717, 1.165) is 28.2 Å². The molecule has 1 amide bonds. The summed E-state index contributed by atoms with van der Waals surface area (Å²) in [4.78, 5) is 34.9. The Labute approximate surface area is 313 Å². The Hall–Kier alpha value is -4.00. The summed E-state index contributed by atoms with van der Waals surface area (Å²) < 4.78 is 58.2. The number of rotatable bonds is 6. The van der Waals surface area contributed by atoms with Gasteiger partial charge in [0.2, 0.25) is 11.8 Å². The van der Waals surface area contributed by atoms with E-state index in [2.05, 4.69) is 55.7 Å². The van der Waals surface area contributed by atoms with Crippen LogP contribution in [0.2, 0.25) is 0 Å². The summed E-state index contributed by atoms with van der Waals surface area (Å²) in [7, 11) is 0. The van der Waals surface area contributed by atoms with Crippen molar-refractivity contribution in [3.8, 4) is 0 Å². The van der Waals surface area contributed by atoms with Crippen molar-refractivity contribution in [1.29, 1.82) is 0 Å². The summed E-state index contributed by atoms with van der Waals surface area (Å²) in [6.07, 6.45) is 1.40. The zero-order chi connectivity index (χ0) is 39.4. The number of halogens is 4. The Kier molecular flexibility index (Phi) is 10.7. The monoisotopic (exact) mass is 755 g/mol. The Morgan fingerprint density at radius 1 is 0.704 bits per heavy atom. The molecule has 9 nitrogen and oxygen atoms in total. The number of amides is 1. The SMILES string of the molecule is CC(C)(C)c1nc2cc(C(=O)N3CC(O)C3)ccc2n1CC1CCC(F)(F)CC1.CC(C)(C)c1nc2cc(C(=O)O)ccc2n1CC1CCC(F)(F)CC1. The first-order valence-electron chi connectivity index (χ1n) is 19.1. The maximum Gasteiger partial charge on any atom is 0.335 e. The van der Waals surface area contributed by atoms with Gasteiger partial charge in [0.15, 0.2) is 0 Å². The molecule has 54 heavy (non-hydrogen) atoms. The molecule has 4 aromatic rings. The third-order valence-electron chi connectivity index (χ3n) is 11.0. The van der Waals surface area contributed by atoms with Crippen LogP contribution in [-0.4, -0.2) is 77.1 Å². The lowest BCUT2D eigenvalue weighted by atomic mass is 9.86. The van der Waals surface area contributed by atoms with Crippen molar-refractivity contribution in [1.82, 2.24) is 24.0 Å². The van der Waals surface area contributed by atoms with Gasteiger partial charge in [0.25, 0.3) is 5.91 Å². The lowest BCUT2D eigenvalue weighted by Crippen LogP contribution is -2.53. The van der Waals surface area contributed by atoms with E-state index in [0.29, 0.717) is 62.9 Å². The molecule has 1 saturated heterocycles. The summed E-state index contributed by atoms with van der Waals surface area (Å²) in [6, 6.07) is 10.5. The zero-order valence-electron chi connectivity index (χ0n) is 32.1. The third-order valence-corrected chi connectivity index (χ3v) is 11.0. The predicted octanol–water partition coefficient (Wildman–Crippen LogP) is 8.83. The van der Waals surface area contributed by atoms with Crippen LogP contribution in [0.15, 0.2) is 36.4 Å². The average molecular weight is 756 g/mol. The van der Waals surface area contributed by atoms with Crippen LogP contribution in [0.5, 0.6) is 0 Å². The molecular formula is C41H53F4N5O4. The average Bonchev–Trinajstić information content (AvgIpc) is 3.63. The molecule has 0 atom stereocenters. The van der Waals surface area contributed by atoms with E-state index in [-0.39, 0.29) is 59.8 Å². The Morgan fingerprint density at radius 3 is 1.46 bits per heavy atom. The van der Waals surface area contributed by atoms with Crippen LogP contribution in [0.25, 0.3) is 22.1 Å². The summed E-state index contributed by atoms with van der Waals surface area (Å²) in [5.74, 6) is -3.97. The number of aromatic nitrogens is 4. The number of fused-ring (bicyclic) bond motifs is 2. The van der Waals surface area contributed by atoms with Crippen LogP contribution in [0.3, 0.4) is 0 Å². The maximum atomic E-state index is 13.6. The second-order valence-electron chi connectivity index (χ2n) is 17.8. The van der Waals surface area contributed by atoms with Gasteiger partial charge in [0.1, 0.15) is 11.6 Å². The van der Waals surface area contributed by atoms with Gasteiger partial charge in [0, 0.05) is 68.3 Å². The highest BCUT2D eigenvalue weighted by atomic mass is 19.3. The highest BCUT2D eigenvalue weighted by molar-refractivity contribution is 5.98. The Bertz CT molecular complexity index is 2000. The number of aromatic carboxylic acids is 1. The number of aliphatic hydroxyl groups excluding tert-OH is 1. The molecule has 3 aliphatic rings. The van der Waals surface area contributed by atoms with Crippen LogP contribution in [0.4, 0.5) is 17.6 Å². The number of benzene rings is 2. The van der Waals surface area contributed by atoms with Crippen LogP contribution in [-0.2, 0) is 23.9 Å². The molecule has 13 heteroatoms. The molecule has 2 aliphatic carbocycles. The summed E-state index contributed by atoms with van der Waals surface area (Å²) in [5, 5.41) is 18.6. The third kappa shape index (κ3) is 8.76. The predicted molar refractivity (Wildman–Crippen MR) is 200 cm³/mol. The normalized spacial score (nSPS) is 19.8. The molecule has 2 aromatic heterocycles. The van der Waals surface area contributed by atoms with E-state index in [1.165, 1.54) is 0 Å². The molecule has 1 aliphatic heterocycles. The van der Waals surface area contributed by atoms with Gasteiger partial charge in [-0.1, -0.05) is 41.5 Å². The van der Waals surface area contributed by atoms with Gasteiger partial charge in [0.05, 0.1) is 33.7 Å². The van der Waals surface area contributed by atoms with E-state index in [4.69, 9.17) is 4.98 Å². The summed E-state index contributed by atoms with van der Waals surface area (Å²) in [5.41, 5.74) is 3.54. The lowest BCUT2D eigenvalue weighted by molar-refractivity contribution is -0.0478. The fourth-order valence-corrected chi connectivity index (χ4v) is 7.93. The van der Waals surface area contributed by atoms with Gasteiger partial charge in [-0.3, -0.25) is 4.79 Å². The molecule has 0 bridgehead atoms. The number of imidazole rings is 2. The molecule has 2 aromatic carbocycles. The van der Waals surface area contributed by atoms with Crippen molar-refractivity contribution in [3.63, 3.8) is 0 Å². The van der Waals surface area contributed by atoms with Crippen molar-refractivity contribution in [2.24, 2.45) is 11.8 Å². The fraction of sp³-hybridized carbons (Fsp3) is 0.610. The number of β-amino-alcohol motifs (C(OH)–C–C–N with tert-alkyl or cyclic N) is 1. The van der Waals surface area contributed by atoms with Gasteiger partial charge in [-0.25, -0.2) is 32.3 Å². The Balaban J connectivity index is 0.000000186. The van der Waals surface area contributed by atoms with Crippen LogP contribution in [0, 0.1) is 11.8 Å². The first-order valence-corrected chi connectivity index (χ1v) is 19.1. The highest BCUT2D eigenvalue weighted by Crippen LogP contribution is 2.40. The van der Waals surface area contributed by atoms with Crippen molar-refractivity contribution >= 4 is 33.9 Å². The number of hydrogen-bond acceptors (Lipinski definition) is 5. The smallest absolute Gasteiger partial charge is 0.335 e. The number of nitrogens with zero attached hydrogens (tertiary/aromatic N) is 5. The molecule has 294 valence electrons. The second kappa shape index (κ2) is 14.6. The molecule has 3 heterocycles. The standard InChI is InChI=1S/C22H29F2N3O2.C19H24F2N2O2/c1-21(2,3)20-25-17-10-15(19(29)26-12-16(28)13-26)4-5-18(17)27(20)11-14-6-8-22(23,24)9-7-14;1-18(2,3)17-22-14-10-13(16(24)25)4-5-15(14)23(17)11-12-6-8-19(20,21)9-7-12/h4-5,10,14,16,28H,6-9,11-13H2,1-3H3;4-5,10,12H,6-9,11H2,1-3H3,(H,24,25). The number of carboxylic acid groups (broad SMARTS) is 1.